The zero-order chi connectivity index (χ0) is 14.4. The second kappa shape index (κ2) is 7.14. The van der Waals surface area contributed by atoms with Crippen molar-refractivity contribution in [2.45, 2.75) is 13.3 Å². The Morgan fingerprint density at radius 1 is 1.37 bits per heavy atom. The summed E-state index contributed by atoms with van der Waals surface area (Å²) >= 11 is 6.01. The number of carbonyl (C=O) groups is 2. The molecular weight excluding hydrogens is 266 g/mol. The smallest absolute Gasteiger partial charge is 0.310 e. The van der Waals surface area contributed by atoms with E-state index in [-0.39, 0.29) is 24.2 Å². The number of methoxy groups -OCH3 is 1. The van der Waals surface area contributed by atoms with E-state index >= 15 is 0 Å². The standard InChI is InChI=1S/C14H18ClNO3/c1-10(14(18)19-3)9-16(2)13(17)8-11-6-4-5-7-12(11)15/h4-7,10H,8-9H2,1-3H3. The number of carbonyl (C=O) groups excluding carboxylic acids is 2. The van der Waals surface area contributed by atoms with E-state index < -0.39 is 0 Å². The van der Waals surface area contributed by atoms with Crippen LogP contribution >= 0.6 is 11.6 Å². The molecule has 0 heterocycles. The summed E-state index contributed by atoms with van der Waals surface area (Å²) in [6.07, 6.45) is 0.226. The van der Waals surface area contributed by atoms with Crippen LogP contribution in [0.1, 0.15) is 12.5 Å². The van der Waals surface area contributed by atoms with E-state index in [0.29, 0.717) is 11.6 Å². The van der Waals surface area contributed by atoms with Gasteiger partial charge in [-0.25, -0.2) is 0 Å². The SMILES string of the molecule is COC(=O)C(C)CN(C)C(=O)Cc1ccccc1Cl. The van der Waals surface area contributed by atoms with Crippen molar-refractivity contribution in [2.75, 3.05) is 20.7 Å². The van der Waals surface area contributed by atoms with Gasteiger partial charge in [0.1, 0.15) is 0 Å². The maximum atomic E-state index is 12.0. The Balaban J connectivity index is 2.59. The fourth-order valence-electron chi connectivity index (χ4n) is 1.73. The van der Waals surface area contributed by atoms with Gasteiger partial charge in [-0.1, -0.05) is 36.7 Å². The molecular formula is C14H18ClNO3. The van der Waals surface area contributed by atoms with E-state index in [1.807, 2.05) is 18.2 Å². The van der Waals surface area contributed by atoms with Crippen molar-refractivity contribution < 1.29 is 14.3 Å². The first-order valence-electron chi connectivity index (χ1n) is 6.01. The summed E-state index contributed by atoms with van der Waals surface area (Å²) in [4.78, 5) is 24.8. The van der Waals surface area contributed by atoms with Gasteiger partial charge in [0.15, 0.2) is 0 Å². The van der Waals surface area contributed by atoms with Crippen LogP contribution in [-0.4, -0.2) is 37.5 Å². The fourth-order valence-corrected chi connectivity index (χ4v) is 1.93. The Labute approximate surface area is 118 Å². The number of rotatable bonds is 5. The third-order valence-electron chi connectivity index (χ3n) is 2.88. The van der Waals surface area contributed by atoms with Gasteiger partial charge < -0.3 is 9.64 Å². The third-order valence-corrected chi connectivity index (χ3v) is 3.25. The van der Waals surface area contributed by atoms with Crippen molar-refractivity contribution in [1.29, 1.82) is 0 Å². The number of hydrogen-bond donors (Lipinski definition) is 0. The summed E-state index contributed by atoms with van der Waals surface area (Å²) in [5.74, 6) is -0.744. The predicted molar refractivity (Wildman–Crippen MR) is 74.0 cm³/mol. The molecule has 1 aromatic rings. The lowest BCUT2D eigenvalue weighted by Gasteiger charge is -2.20. The zero-order valence-electron chi connectivity index (χ0n) is 11.4. The Kier molecular flexibility index (Phi) is 5.83. The highest BCUT2D eigenvalue weighted by Gasteiger charge is 2.19. The van der Waals surface area contributed by atoms with Gasteiger partial charge >= 0.3 is 5.97 Å². The Morgan fingerprint density at radius 2 is 2.00 bits per heavy atom. The minimum Gasteiger partial charge on any atom is -0.469 e. The largest absolute Gasteiger partial charge is 0.469 e. The van der Waals surface area contributed by atoms with Crippen LogP contribution < -0.4 is 0 Å². The second-order valence-corrected chi connectivity index (χ2v) is 4.87. The first kappa shape index (κ1) is 15.5. The summed E-state index contributed by atoms with van der Waals surface area (Å²) in [6, 6.07) is 7.23. The van der Waals surface area contributed by atoms with Crippen LogP contribution in [0.2, 0.25) is 5.02 Å². The van der Waals surface area contributed by atoms with E-state index in [0.717, 1.165) is 5.56 Å². The number of benzene rings is 1. The Morgan fingerprint density at radius 3 is 2.58 bits per heavy atom. The summed E-state index contributed by atoms with van der Waals surface area (Å²) in [5.41, 5.74) is 0.784. The van der Waals surface area contributed by atoms with E-state index in [1.165, 1.54) is 12.0 Å². The highest BCUT2D eigenvalue weighted by atomic mass is 35.5. The number of hydrogen-bond acceptors (Lipinski definition) is 3. The lowest BCUT2D eigenvalue weighted by molar-refractivity contribution is -0.146. The highest BCUT2D eigenvalue weighted by Crippen LogP contribution is 2.16. The van der Waals surface area contributed by atoms with Gasteiger partial charge in [-0.3, -0.25) is 9.59 Å². The second-order valence-electron chi connectivity index (χ2n) is 4.47. The van der Waals surface area contributed by atoms with Crippen LogP contribution in [0.3, 0.4) is 0 Å². The zero-order valence-corrected chi connectivity index (χ0v) is 12.1. The molecule has 1 atom stereocenters. The maximum Gasteiger partial charge on any atom is 0.310 e. The van der Waals surface area contributed by atoms with Crippen LogP contribution in [0, 0.1) is 5.92 Å². The normalized spacial score (nSPS) is 11.8. The number of esters is 1. The number of nitrogens with zero attached hydrogens (tertiary/aromatic N) is 1. The minimum atomic E-state index is -0.342. The van der Waals surface area contributed by atoms with Gasteiger partial charge in [-0.15, -0.1) is 0 Å². The molecule has 0 saturated carbocycles. The molecule has 104 valence electrons. The minimum absolute atomic E-state index is 0.0798. The molecule has 0 bridgehead atoms. The van der Waals surface area contributed by atoms with Gasteiger partial charge in [-0.05, 0) is 11.6 Å². The van der Waals surface area contributed by atoms with Gasteiger partial charge in [0, 0.05) is 18.6 Å². The molecule has 5 heteroatoms. The molecule has 0 aromatic heterocycles. The summed E-state index contributed by atoms with van der Waals surface area (Å²) < 4.78 is 4.63. The van der Waals surface area contributed by atoms with Crippen molar-refractivity contribution in [3.8, 4) is 0 Å². The monoisotopic (exact) mass is 283 g/mol. The molecule has 1 aromatic carbocycles. The Hall–Kier alpha value is -1.55. The topological polar surface area (TPSA) is 46.6 Å². The van der Waals surface area contributed by atoms with Gasteiger partial charge in [-0.2, -0.15) is 0 Å². The number of amides is 1. The quantitative estimate of drug-likeness (QED) is 0.778. The predicted octanol–water partition coefficient (Wildman–Crippen LogP) is 2.15. The summed E-state index contributed by atoms with van der Waals surface area (Å²) in [7, 11) is 3.00. The molecule has 0 fully saturated rings. The average Bonchev–Trinajstić information content (AvgIpc) is 2.40. The van der Waals surface area contributed by atoms with Crippen LogP contribution in [0.4, 0.5) is 0 Å². The Bertz CT molecular complexity index is 462. The molecule has 19 heavy (non-hydrogen) atoms. The third kappa shape index (κ3) is 4.56. The summed E-state index contributed by atoms with van der Waals surface area (Å²) in [6.45, 7) is 2.06. The first-order valence-corrected chi connectivity index (χ1v) is 6.38. The molecule has 1 rings (SSSR count). The molecule has 4 nitrogen and oxygen atoms in total. The molecule has 1 unspecified atom stereocenters. The molecule has 0 spiro atoms. The van der Waals surface area contributed by atoms with Crippen LogP contribution in [0.25, 0.3) is 0 Å². The average molecular weight is 284 g/mol. The van der Waals surface area contributed by atoms with Crippen LogP contribution in [0.5, 0.6) is 0 Å². The molecule has 0 radical (unpaired) electrons. The van der Waals surface area contributed by atoms with Crippen molar-refractivity contribution in [1.82, 2.24) is 4.90 Å². The van der Waals surface area contributed by atoms with Gasteiger partial charge in [0.25, 0.3) is 0 Å². The summed E-state index contributed by atoms with van der Waals surface area (Å²) in [5, 5.41) is 0.574. The van der Waals surface area contributed by atoms with Crippen LogP contribution in [0.15, 0.2) is 24.3 Å². The van der Waals surface area contributed by atoms with E-state index in [1.54, 1.807) is 20.0 Å². The number of likely N-dealkylation sites (N-methyl/N-ethyl adjacent to an activating group) is 1. The lowest BCUT2D eigenvalue weighted by atomic mass is 10.1. The van der Waals surface area contributed by atoms with Crippen molar-refractivity contribution in [3.05, 3.63) is 34.9 Å². The number of halogens is 1. The van der Waals surface area contributed by atoms with Gasteiger partial charge in [0.05, 0.1) is 19.4 Å². The van der Waals surface area contributed by atoms with Crippen molar-refractivity contribution in [2.24, 2.45) is 5.92 Å². The molecule has 1 amide bonds. The molecule has 0 N–H and O–H groups in total. The maximum absolute atomic E-state index is 12.0. The molecule has 0 aliphatic carbocycles. The van der Waals surface area contributed by atoms with E-state index in [4.69, 9.17) is 11.6 Å². The van der Waals surface area contributed by atoms with Crippen molar-refractivity contribution in [3.63, 3.8) is 0 Å². The molecule has 0 aliphatic heterocycles. The van der Waals surface area contributed by atoms with Gasteiger partial charge in [0.2, 0.25) is 5.91 Å². The van der Waals surface area contributed by atoms with E-state index in [2.05, 4.69) is 4.74 Å². The van der Waals surface area contributed by atoms with Crippen LogP contribution in [-0.2, 0) is 20.7 Å². The lowest BCUT2D eigenvalue weighted by Crippen LogP contribution is -2.35. The van der Waals surface area contributed by atoms with E-state index in [9.17, 15) is 9.59 Å². The number of ether oxygens (including phenoxy) is 1. The first-order chi connectivity index (χ1) is 8.95. The molecule has 0 saturated heterocycles. The highest BCUT2D eigenvalue weighted by molar-refractivity contribution is 6.31. The van der Waals surface area contributed by atoms with Crippen molar-refractivity contribution >= 4 is 23.5 Å². The fraction of sp³-hybridized carbons (Fsp3) is 0.429. The molecule has 0 aliphatic rings.